The molecule has 1 aromatic carbocycles. The first-order valence-electron chi connectivity index (χ1n) is 8.36. The third-order valence-corrected chi connectivity index (χ3v) is 5.09. The molecule has 2 unspecified atom stereocenters. The van der Waals surface area contributed by atoms with Crippen molar-refractivity contribution in [2.24, 2.45) is 11.7 Å². The number of hydrogen-bond acceptors (Lipinski definition) is 2. The molecule has 0 spiro atoms. The molecular formula is C18H26N2O. The van der Waals surface area contributed by atoms with E-state index in [0.29, 0.717) is 18.9 Å². The highest BCUT2D eigenvalue weighted by Crippen LogP contribution is 2.25. The summed E-state index contributed by atoms with van der Waals surface area (Å²) in [4.78, 5) is 12.3. The largest absolute Gasteiger partial charge is 0.353 e. The lowest BCUT2D eigenvalue weighted by molar-refractivity contribution is -0.121. The van der Waals surface area contributed by atoms with E-state index in [4.69, 9.17) is 5.73 Å². The van der Waals surface area contributed by atoms with Crippen molar-refractivity contribution in [1.82, 2.24) is 5.32 Å². The molecule has 2 aliphatic carbocycles. The zero-order valence-electron chi connectivity index (χ0n) is 12.7. The van der Waals surface area contributed by atoms with Crippen LogP contribution in [0.3, 0.4) is 0 Å². The molecule has 3 rings (SSSR count). The highest BCUT2D eigenvalue weighted by Gasteiger charge is 2.25. The molecule has 3 heteroatoms. The van der Waals surface area contributed by atoms with E-state index in [1.54, 1.807) is 0 Å². The Kier molecular flexibility index (Phi) is 4.59. The molecule has 1 amide bonds. The number of aryl methyl sites for hydroxylation is 2. The first-order chi connectivity index (χ1) is 10.3. The highest BCUT2D eigenvalue weighted by atomic mass is 16.1. The maximum atomic E-state index is 12.3. The quantitative estimate of drug-likeness (QED) is 0.892. The van der Waals surface area contributed by atoms with Crippen LogP contribution in [0.15, 0.2) is 18.2 Å². The molecule has 3 nitrogen and oxygen atoms in total. The van der Waals surface area contributed by atoms with E-state index < -0.39 is 0 Å². The fourth-order valence-electron chi connectivity index (χ4n) is 3.86. The number of carbonyl (C=O) groups is 1. The Morgan fingerprint density at radius 2 is 1.95 bits per heavy atom. The van der Waals surface area contributed by atoms with Crippen LogP contribution in [-0.4, -0.2) is 18.5 Å². The Labute approximate surface area is 127 Å². The molecular weight excluding hydrogens is 260 g/mol. The van der Waals surface area contributed by atoms with Gasteiger partial charge in [-0.05, 0) is 61.3 Å². The van der Waals surface area contributed by atoms with Gasteiger partial charge in [-0.25, -0.2) is 0 Å². The van der Waals surface area contributed by atoms with Crippen LogP contribution in [0.1, 0.15) is 48.8 Å². The van der Waals surface area contributed by atoms with Gasteiger partial charge in [-0.3, -0.25) is 4.79 Å². The van der Waals surface area contributed by atoms with Crippen molar-refractivity contribution in [3.8, 4) is 0 Å². The fraction of sp³-hybridized carbons (Fsp3) is 0.611. The second-order valence-corrected chi connectivity index (χ2v) is 6.59. The first kappa shape index (κ1) is 14.6. The van der Waals surface area contributed by atoms with Gasteiger partial charge in [0.1, 0.15) is 0 Å². The van der Waals surface area contributed by atoms with E-state index >= 15 is 0 Å². The SMILES string of the molecule is NCC1CCCCC1NC(=O)Cc1ccc2c(c1)CCC2. The molecule has 2 aliphatic rings. The lowest BCUT2D eigenvalue weighted by Crippen LogP contribution is -2.45. The van der Waals surface area contributed by atoms with Crippen LogP contribution in [0.4, 0.5) is 0 Å². The van der Waals surface area contributed by atoms with Crippen LogP contribution < -0.4 is 11.1 Å². The lowest BCUT2D eigenvalue weighted by atomic mass is 9.84. The summed E-state index contributed by atoms with van der Waals surface area (Å²) in [5.41, 5.74) is 9.89. The summed E-state index contributed by atoms with van der Waals surface area (Å²) < 4.78 is 0. The number of nitrogens with one attached hydrogen (secondary N) is 1. The summed E-state index contributed by atoms with van der Waals surface area (Å²) >= 11 is 0. The minimum absolute atomic E-state index is 0.151. The Bertz CT molecular complexity index is 512. The molecule has 1 fully saturated rings. The third kappa shape index (κ3) is 3.46. The van der Waals surface area contributed by atoms with Gasteiger partial charge in [-0.2, -0.15) is 0 Å². The average Bonchev–Trinajstić information content (AvgIpc) is 2.95. The second-order valence-electron chi connectivity index (χ2n) is 6.59. The van der Waals surface area contributed by atoms with Gasteiger partial charge in [0.05, 0.1) is 6.42 Å². The Morgan fingerprint density at radius 3 is 2.81 bits per heavy atom. The summed E-state index contributed by atoms with van der Waals surface area (Å²) in [7, 11) is 0. The summed E-state index contributed by atoms with van der Waals surface area (Å²) in [6.45, 7) is 0.684. The van der Waals surface area contributed by atoms with Gasteiger partial charge in [0, 0.05) is 6.04 Å². The molecule has 0 radical (unpaired) electrons. The molecule has 2 atom stereocenters. The minimum Gasteiger partial charge on any atom is -0.353 e. The van der Waals surface area contributed by atoms with Gasteiger partial charge in [0.2, 0.25) is 5.91 Å². The maximum Gasteiger partial charge on any atom is 0.224 e. The van der Waals surface area contributed by atoms with E-state index in [1.807, 2.05) is 0 Å². The number of benzene rings is 1. The van der Waals surface area contributed by atoms with Crippen molar-refractivity contribution in [1.29, 1.82) is 0 Å². The van der Waals surface area contributed by atoms with Crippen molar-refractivity contribution in [3.05, 3.63) is 34.9 Å². The van der Waals surface area contributed by atoms with Crippen LogP contribution in [-0.2, 0) is 24.1 Å². The maximum absolute atomic E-state index is 12.3. The van der Waals surface area contributed by atoms with Crippen LogP contribution >= 0.6 is 0 Å². The van der Waals surface area contributed by atoms with Gasteiger partial charge in [-0.1, -0.05) is 31.0 Å². The molecule has 114 valence electrons. The number of fused-ring (bicyclic) bond motifs is 1. The molecule has 21 heavy (non-hydrogen) atoms. The summed E-state index contributed by atoms with van der Waals surface area (Å²) in [6.07, 6.45) is 8.81. The number of hydrogen-bond donors (Lipinski definition) is 2. The van der Waals surface area contributed by atoms with E-state index in [0.717, 1.165) is 18.4 Å². The smallest absolute Gasteiger partial charge is 0.224 e. The summed E-state index contributed by atoms with van der Waals surface area (Å²) in [5, 5.41) is 3.22. The van der Waals surface area contributed by atoms with E-state index in [9.17, 15) is 4.79 Å². The monoisotopic (exact) mass is 286 g/mol. The topological polar surface area (TPSA) is 55.1 Å². The van der Waals surface area contributed by atoms with Gasteiger partial charge in [0.25, 0.3) is 0 Å². The molecule has 0 bridgehead atoms. The fourth-order valence-corrected chi connectivity index (χ4v) is 3.86. The Morgan fingerprint density at radius 1 is 1.14 bits per heavy atom. The number of amides is 1. The van der Waals surface area contributed by atoms with Gasteiger partial charge >= 0.3 is 0 Å². The van der Waals surface area contributed by atoms with Gasteiger partial charge in [-0.15, -0.1) is 0 Å². The summed E-state index contributed by atoms with van der Waals surface area (Å²) in [5.74, 6) is 0.612. The van der Waals surface area contributed by atoms with Crippen molar-refractivity contribution in [2.75, 3.05) is 6.54 Å². The van der Waals surface area contributed by atoms with Crippen molar-refractivity contribution >= 4 is 5.91 Å². The van der Waals surface area contributed by atoms with Gasteiger partial charge in [0.15, 0.2) is 0 Å². The number of nitrogens with two attached hydrogens (primary N) is 1. The molecule has 1 saturated carbocycles. The Hall–Kier alpha value is -1.35. The van der Waals surface area contributed by atoms with Crippen molar-refractivity contribution < 1.29 is 4.79 Å². The predicted molar refractivity (Wildman–Crippen MR) is 85.1 cm³/mol. The molecule has 0 heterocycles. The molecule has 0 aliphatic heterocycles. The second kappa shape index (κ2) is 6.61. The standard InChI is InChI=1S/C18H26N2O/c19-12-16-4-1-2-7-17(16)20-18(21)11-13-8-9-14-5-3-6-15(14)10-13/h8-10,16-17H,1-7,11-12,19H2,(H,20,21). The van der Waals surface area contributed by atoms with Crippen LogP contribution in [0, 0.1) is 5.92 Å². The van der Waals surface area contributed by atoms with Crippen molar-refractivity contribution in [2.45, 2.75) is 57.4 Å². The number of carbonyl (C=O) groups excluding carboxylic acids is 1. The average molecular weight is 286 g/mol. The molecule has 3 N–H and O–H groups in total. The number of rotatable bonds is 4. The Balaban J connectivity index is 1.58. The minimum atomic E-state index is 0.151. The highest BCUT2D eigenvalue weighted by molar-refractivity contribution is 5.79. The van der Waals surface area contributed by atoms with E-state index in [2.05, 4.69) is 23.5 Å². The molecule has 0 saturated heterocycles. The molecule has 1 aromatic rings. The predicted octanol–water partition coefficient (Wildman–Crippen LogP) is 2.35. The zero-order chi connectivity index (χ0) is 14.7. The summed E-state index contributed by atoms with van der Waals surface area (Å²) in [6, 6.07) is 6.83. The molecule has 0 aromatic heterocycles. The van der Waals surface area contributed by atoms with E-state index in [-0.39, 0.29) is 11.9 Å². The van der Waals surface area contributed by atoms with Gasteiger partial charge < -0.3 is 11.1 Å². The van der Waals surface area contributed by atoms with Crippen LogP contribution in [0.25, 0.3) is 0 Å². The van der Waals surface area contributed by atoms with Crippen LogP contribution in [0.5, 0.6) is 0 Å². The zero-order valence-corrected chi connectivity index (χ0v) is 12.7. The third-order valence-electron chi connectivity index (χ3n) is 5.09. The van der Waals surface area contributed by atoms with Crippen molar-refractivity contribution in [3.63, 3.8) is 0 Å². The van der Waals surface area contributed by atoms with E-state index in [1.165, 1.54) is 43.2 Å². The normalized spacial score (nSPS) is 24.6. The van der Waals surface area contributed by atoms with Crippen LogP contribution in [0.2, 0.25) is 0 Å². The lowest BCUT2D eigenvalue weighted by Gasteiger charge is -2.31. The first-order valence-corrected chi connectivity index (χ1v) is 8.36.